The summed E-state index contributed by atoms with van der Waals surface area (Å²) in [5, 5.41) is 3.07. The molecule has 0 spiro atoms. The summed E-state index contributed by atoms with van der Waals surface area (Å²) in [6, 6.07) is -0.0799. The highest BCUT2D eigenvalue weighted by Gasteiger charge is 2.21. The van der Waals surface area contributed by atoms with Gasteiger partial charge in [-0.25, -0.2) is 0 Å². The molecule has 0 bridgehead atoms. The van der Waals surface area contributed by atoms with E-state index in [9.17, 15) is 4.79 Å². The van der Waals surface area contributed by atoms with E-state index in [1.807, 2.05) is 0 Å². The van der Waals surface area contributed by atoms with Crippen LogP contribution in [0, 0.1) is 5.92 Å². The van der Waals surface area contributed by atoms with E-state index >= 15 is 0 Å². The minimum Gasteiger partial charge on any atom is -0.368 e. The van der Waals surface area contributed by atoms with Crippen molar-refractivity contribution in [1.29, 1.82) is 0 Å². The summed E-state index contributed by atoms with van der Waals surface area (Å²) in [4.78, 5) is 10.7. The molecule has 0 radical (unpaired) electrons. The summed E-state index contributed by atoms with van der Waals surface area (Å²) in [7, 11) is 0. The van der Waals surface area contributed by atoms with Crippen LogP contribution >= 0.6 is 0 Å². The van der Waals surface area contributed by atoms with Crippen LogP contribution in [-0.2, 0) is 4.79 Å². The normalized spacial score (nSPS) is 33.7. The first-order chi connectivity index (χ1) is 4.70. The lowest BCUT2D eigenvalue weighted by atomic mass is 9.94. The monoisotopic (exact) mass is 142 g/mol. The van der Waals surface area contributed by atoms with E-state index in [1.54, 1.807) is 0 Å². The van der Waals surface area contributed by atoms with Crippen molar-refractivity contribution in [2.24, 2.45) is 11.7 Å². The van der Waals surface area contributed by atoms with Crippen molar-refractivity contribution in [2.45, 2.75) is 25.8 Å². The second kappa shape index (κ2) is 3.01. The van der Waals surface area contributed by atoms with Crippen LogP contribution in [0.4, 0.5) is 0 Å². The zero-order chi connectivity index (χ0) is 7.56. The molecule has 0 aliphatic carbocycles. The van der Waals surface area contributed by atoms with E-state index in [4.69, 9.17) is 5.73 Å². The molecule has 1 saturated heterocycles. The maximum atomic E-state index is 10.7. The van der Waals surface area contributed by atoms with E-state index in [0.717, 1.165) is 19.4 Å². The molecule has 1 rings (SSSR count). The maximum Gasteiger partial charge on any atom is 0.234 e. The SMILES string of the molecule is C[C@@H]1CCN[C@H](C(N)=O)C1. The third-order valence-corrected chi connectivity index (χ3v) is 2.01. The predicted octanol–water partition coefficient (Wildman–Crippen LogP) is -0.140. The van der Waals surface area contributed by atoms with Gasteiger partial charge in [-0.1, -0.05) is 6.92 Å². The fourth-order valence-electron chi connectivity index (χ4n) is 1.32. The highest BCUT2D eigenvalue weighted by molar-refractivity contribution is 5.79. The van der Waals surface area contributed by atoms with Gasteiger partial charge in [0.2, 0.25) is 5.91 Å². The lowest BCUT2D eigenvalue weighted by Crippen LogP contribution is -2.46. The quantitative estimate of drug-likeness (QED) is 0.535. The van der Waals surface area contributed by atoms with Gasteiger partial charge in [0.1, 0.15) is 0 Å². The standard InChI is InChI=1S/C7H14N2O/c1-5-2-3-9-6(4-5)7(8)10/h5-6,9H,2-4H2,1H3,(H2,8,10)/t5-,6+/m1/s1. The molecule has 58 valence electrons. The van der Waals surface area contributed by atoms with Gasteiger partial charge in [-0.15, -0.1) is 0 Å². The number of carbonyl (C=O) groups excluding carboxylic acids is 1. The van der Waals surface area contributed by atoms with Crippen molar-refractivity contribution in [3.8, 4) is 0 Å². The molecule has 0 aromatic carbocycles. The first-order valence-corrected chi connectivity index (χ1v) is 3.73. The Labute approximate surface area is 61.0 Å². The molecule has 2 atom stereocenters. The lowest BCUT2D eigenvalue weighted by molar-refractivity contribution is -0.120. The van der Waals surface area contributed by atoms with E-state index in [0.29, 0.717) is 5.92 Å². The van der Waals surface area contributed by atoms with Crippen LogP contribution in [0.25, 0.3) is 0 Å². The third kappa shape index (κ3) is 1.70. The van der Waals surface area contributed by atoms with E-state index in [1.165, 1.54) is 0 Å². The van der Waals surface area contributed by atoms with Gasteiger partial charge in [0.15, 0.2) is 0 Å². The summed E-state index contributed by atoms with van der Waals surface area (Å²) < 4.78 is 0. The fraction of sp³-hybridized carbons (Fsp3) is 0.857. The molecule has 1 fully saturated rings. The Kier molecular flexibility index (Phi) is 2.27. The molecule has 1 aliphatic heterocycles. The molecule has 10 heavy (non-hydrogen) atoms. The Morgan fingerprint density at radius 1 is 1.70 bits per heavy atom. The first-order valence-electron chi connectivity index (χ1n) is 3.73. The largest absolute Gasteiger partial charge is 0.368 e. The summed E-state index contributed by atoms with van der Waals surface area (Å²) in [5.74, 6) is 0.422. The van der Waals surface area contributed by atoms with Crippen molar-refractivity contribution in [1.82, 2.24) is 5.32 Å². The smallest absolute Gasteiger partial charge is 0.234 e. The summed E-state index contributed by atoms with van der Waals surface area (Å²) in [6.45, 7) is 3.07. The minimum absolute atomic E-state index is 0.0799. The number of hydrogen-bond donors (Lipinski definition) is 2. The topological polar surface area (TPSA) is 55.1 Å². The number of nitrogens with two attached hydrogens (primary N) is 1. The van der Waals surface area contributed by atoms with Gasteiger partial charge in [-0.2, -0.15) is 0 Å². The van der Waals surface area contributed by atoms with Gasteiger partial charge in [0.25, 0.3) is 0 Å². The summed E-state index contributed by atoms with van der Waals surface area (Å²) in [6.07, 6.45) is 2.05. The summed E-state index contributed by atoms with van der Waals surface area (Å²) in [5.41, 5.74) is 5.13. The molecular weight excluding hydrogens is 128 g/mol. The van der Waals surface area contributed by atoms with Gasteiger partial charge in [0.05, 0.1) is 6.04 Å². The zero-order valence-corrected chi connectivity index (χ0v) is 6.26. The number of primary amides is 1. The molecule has 0 unspecified atom stereocenters. The van der Waals surface area contributed by atoms with Crippen LogP contribution in [0.3, 0.4) is 0 Å². The molecule has 1 aliphatic rings. The fourth-order valence-corrected chi connectivity index (χ4v) is 1.32. The lowest BCUT2D eigenvalue weighted by Gasteiger charge is -2.25. The molecular formula is C7H14N2O. The molecule has 0 saturated carbocycles. The number of amides is 1. The van der Waals surface area contributed by atoms with Gasteiger partial charge < -0.3 is 11.1 Å². The van der Waals surface area contributed by atoms with Crippen molar-refractivity contribution >= 4 is 5.91 Å². The second-order valence-corrected chi connectivity index (χ2v) is 3.04. The zero-order valence-electron chi connectivity index (χ0n) is 6.26. The maximum absolute atomic E-state index is 10.7. The van der Waals surface area contributed by atoms with Crippen LogP contribution in [0.1, 0.15) is 19.8 Å². The van der Waals surface area contributed by atoms with Crippen LogP contribution < -0.4 is 11.1 Å². The summed E-state index contributed by atoms with van der Waals surface area (Å²) >= 11 is 0. The number of carbonyl (C=O) groups is 1. The van der Waals surface area contributed by atoms with Gasteiger partial charge in [-0.05, 0) is 25.3 Å². The van der Waals surface area contributed by atoms with Crippen molar-refractivity contribution in [2.75, 3.05) is 6.54 Å². The highest BCUT2D eigenvalue weighted by atomic mass is 16.1. The number of piperidine rings is 1. The Morgan fingerprint density at radius 3 is 2.80 bits per heavy atom. The van der Waals surface area contributed by atoms with Crippen LogP contribution in [-0.4, -0.2) is 18.5 Å². The average molecular weight is 142 g/mol. The molecule has 1 heterocycles. The number of nitrogens with one attached hydrogen (secondary N) is 1. The van der Waals surface area contributed by atoms with Crippen LogP contribution in [0.15, 0.2) is 0 Å². The van der Waals surface area contributed by atoms with Gasteiger partial charge in [-0.3, -0.25) is 4.79 Å². The first kappa shape index (κ1) is 7.54. The molecule has 1 amide bonds. The average Bonchev–Trinajstić information content (AvgIpc) is 1.88. The Hall–Kier alpha value is -0.570. The van der Waals surface area contributed by atoms with Crippen LogP contribution in [0.2, 0.25) is 0 Å². The highest BCUT2D eigenvalue weighted by Crippen LogP contribution is 2.14. The molecule has 3 nitrogen and oxygen atoms in total. The molecule has 3 heteroatoms. The number of hydrogen-bond acceptors (Lipinski definition) is 2. The van der Waals surface area contributed by atoms with Crippen molar-refractivity contribution < 1.29 is 4.79 Å². The molecule has 0 aromatic rings. The van der Waals surface area contributed by atoms with E-state index < -0.39 is 0 Å². The predicted molar refractivity (Wildman–Crippen MR) is 39.4 cm³/mol. The second-order valence-electron chi connectivity index (χ2n) is 3.04. The van der Waals surface area contributed by atoms with Crippen molar-refractivity contribution in [3.63, 3.8) is 0 Å². The van der Waals surface area contributed by atoms with Crippen molar-refractivity contribution in [3.05, 3.63) is 0 Å². The molecule has 0 aromatic heterocycles. The Bertz CT molecular complexity index is 136. The van der Waals surface area contributed by atoms with Gasteiger partial charge in [0, 0.05) is 0 Å². The molecule has 3 N–H and O–H groups in total. The Morgan fingerprint density at radius 2 is 2.40 bits per heavy atom. The van der Waals surface area contributed by atoms with E-state index in [-0.39, 0.29) is 11.9 Å². The number of rotatable bonds is 1. The van der Waals surface area contributed by atoms with Crippen LogP contribution in [0.5, 0.6) is 0 Å². The van der Waals surface area contributed by atoms with E-state index in [2.05, 4.69) is 12.2 Å². The minimum atomic E-state index is -0.216. The van der Waals surface area contributed by atoms with Gasteiger partial charge >= 0.3 is 0 Å². The third-order valence-electron chi connectivity index (χ3n) is 2.01. The Balaban J connectivity index is 2.39.